The number of hydrogen-bond acceptors (Lipinski definition) is 4. The lowest BCUT2D eigenvalue weighted by molar-refractivity contribution is -0.139. The third kappa shape index (κ3) is 3.56. The van der Waals surface area contributed by atoms with Gasteiger partial charge in [-0.3, -0.25) is 15.0 Å². The second-order valence-electron chi connectivity index (χ2n) is 6.57. The number of imide groups is 1. The Labute approximate surface area is 151 Å². The first-order valence-electron chi connectivity index (χ1n) is 8.37. The fraction of sp³-hybridized carbons (Fsp3) is 0.471. The van der Waals surface area contributed by atoms with Gasteiger partial charge in [-0.1, -0.05) is 36.9 Å². The number of anilines is 1. The number of hydrogen-bond donors (Lipinski definition) is 3. The summed E-state index contributed by atoms with van der Waals surface area (Å²) < 4.78 is 0. The van der Waals surface area contributed by atoms with Gasteiger partial charge in [0.2, 0.25) is 0 Å². The van der Waals surface area contributed by atoms with E-state index in [1.165, 1.54) is 0 Å². The first-order valence-corrected chi connectivity index (χ1v) is 8.75. The topological polar surface area (TPSA) is 90.5 Å². The molecule has 0 unspecified atom stereocenters. The number of nitrogens with one attached hydrogen (secondary N) is 3. The van der Waals surface area contributed by atoms with E-state index in [9.17, 15) is 14.4 Å². The highest BCUT2D eigenvalue weighted by Gasteiger charge is 2.52. The van der Waals surface area contributed by atoms with Crippen LogP contribution in [0.25, 0.3) is 0 Å². The molecule has 1 aliphatic heterocycles. The smallest absolute Gasteiger partial charge is 0.344 e. The van der Waals surface area contributed by atoms with Crippen molar-refractivity contribution in [2.75, 3.05) is 11.9 Å². The Bertz CT molecular complexity index is 716. The molecule has 3 rings (SSSR count). The van der Waals surface area contributed by atoms with Gasteiger partial charge in [-0.25, -0.2) is 4.79 Å². The van der Waals surface area contributed by atoms with Crippen LogP contribution >= 0.6 is 11.6 Å². The monoisotopic (exact) mass is 364 g/mol. The SMILES string of the molecule is Cc1ccc(NCC(=O)NN2C(=O)NC3(CCCCC3)C2=O)cc1Cl. The Kier molecular flexibility index (Phi) is 4.85. The Hall–Kier alpha value is -2.28. The van der Waals surface area contributed by atoms with Gasteiger partial charge in [-0.15, -0.1) is 0 Å². The predicted octanol–water partition coefficient (Wildman–Crippen LogP) is 2.35. The second kappa shape index (κ2) is 6.92. The number of rotatable bonds is 4. The molecule has 0 radical (unpaired) electrons. The molecule has 3 N–H and O–H groups in total. The molecule has 25 heavy (non-hydrogen) atoms. The first kappa shape index (κ1) is 17.5. The lowest BCUT2D eigenvalue weighted by Gasteiger charge is -2.30. The second-order valence-corrected chi connectivity index (χ2v) is 6.97. The standard InChI is InChI=1S/C17H21ClN4O3/c1-11-5-6-12(9-13(11)18)19-10-14(23)21-22-15(24)17(20-16(22)25)7-3-2-4-8-17/h5-6,9,19H,2-4,7-8,10H2,1H3,(H,20,25)(H,21,23). The van der Waals surface area contributed by atoms with Crippen LogP contribution in [-0.4, -0.2) is 34.9 Å². The lowest BCUT2D eigenvalue weighted by atomic mass is 9.82. The summed E-state index contributed by atoms with van der Waals surface area (Å²) in [7, 11) is 0. The van der Waals surface area contributed by atoms with Gasteiger partial charge in [-0.05, 0) is 37.5 Å². The van der Waals surface area contributed by atoms with E-state index in [4.69, 9.17) is 11.6 Å². The Morgan fingerprint density at radius 1 is 1.28 bits per heavy atom. The lowest BCUT2D eigenvalue weighted by Crippen LogP contribution is -2.51. The van der Waals surface area contributed by atoms with E-state index in [2.05, 4.69) is 16.1 Å². The van der Waals surface area contributed by atoms with E-state index in [0.29, 0.717) is 23.6 Å². The molecule has 2 aliphatic rings. The van der Waals surface area contributed by atoms with Crippen molar-refractivity contribution in [2.45, 2.75) is 44.6 Å². The average Bonchev–Trinajstić information content (AvgIpc) is 2.81. The van der Waals surface area contributed by atoms with Gasteiger partial charge < -0.3 is 10.6 Å². The number of urea groups is 1. The van der Waals surface area contributed by atoms with Crippen LogP contribution < -0.4 is 16.1 Å². The van der Waals surface area contributed by atoms with Crippen LogP contribution in [0.1, 0.15) is 37.7 Å². The van der Waals surface area contributed by atoms with Crippen LogP contribution in [0.4, 0.5) is 10.5 Å². The highest BCUT2D eigenvalue weighted by Crippen LogP contribution is 2.32. The number of carbonyl (C=O) groups is 3. The van der Waals surface area contributed by atoms with Crippen LogP contribution in [0.2, 0.25) is 5.02 Å². The molecule has 134 valence electrons. The van der Waals surface area contributed by atoms with Gasteiger partial charge in [0.1, 0.15) is 5.54 Å². The minimum atomic E-state index is -0.847. The van der Waals surface area contributed by atoms with E-state index in [-0.39, 0.29) is 12.5 Å². The Balaban J connectivity index is 1.58. The molecule has 1 aromatic rings. The summed E-state index contributed by atoms with van der Waals surface area (Å²) in [6.07, 6.45) is 4.07. The molecule has 7 nitrogen and oxygen atoms in total. The van der Waals surface area contributed by atoms with Crippen molar-refractivity contribution >= 4 is 35.1 Å². The molecule has 1 aromatic carbocycles. The summed E-state index contributed by atoms with van der Waals surface area (Å²) in [5, 5.41) is 7.07. The molecule has 1 saturated carbocycles. The maximum absolute atomic E-state index is 12.6. The molecule has 2 fully saturated rings. The van der Waals surface area contributed by atoms with E-state index in [1.54, 1.807) is 12.1 Å². The third-order valence-electron chi connectivity index (χ3n) is 4.73. The fourth-order valence-electron chi connectivity index (χ4n) is 3.27. The van der Waals surface area contributed by atoms with Gasteiger partial charge in [0.05, 0.1) is 6.54 Å². The molecule has 1 saturated heterocycles. The molecule has 1 spiro atoms. The minimum Gasteiger partial charge on any atom is -0.376 e. The summed E-state index contributed by atoms with van der Waals surface area (Å²) >= 11 is 6.04. The Morgan fingerprint density at radius 2 is 2.00 bits per heavy atom. The van der Waals surface area contributed by atoms with Gasteiger partial charge in [0.25, 0.3) is 11.8 Å². The van der Waals surface area contributed by atoms with Crippen LogP contribution in [-0.2, 0) is 9.59 Å². The normalized spacial score (nSPS) is 19.0. The molecule has 0 bridgehead atoms. The summed E-state index contributed by atoms with van der Waals surface area (Å²) in [6, 6.07) is 4.79. The summed E-state index contributed by atoms with van der Waals surface area (Å²) in [4.78, 5) is 36.8. The number of carbonyl (C=O) groups excluding carboxylic acids is 3. The van der Waals surface area contributed by atoms with Crippen LogP contribution in [0, 0.1) is 6.92 Å². The summed E-state index contributed by atoms with van der Waals surface area (Å²) in [5.74, 6) is -0.850. The summed E-state index contributed by atoms with van der Waals surface area (Å²) in [5.41, 5.74) is 3.16. The number of hydrazine groups is 1. The molecule has 1 aliphatic carbocycles. The highest BCUT2D eigenvalue weighted by atomic mass is 35.5. The fourth-order valence-corrected chi connectivity index (χ4v) is 3.45. The van der Waals surface area contributed by atoms with Crippen molar-refractivity contribution in [1.82, 2.24) is 15.8 Å². The number of halogens is 1. The molecule has 4 amide bonds. The molecule has 8 heteroatoms. The molecular weight excluding hydrogens is 344 g/mol. The molecule has 0 aromatic heterocycles. The van der Waals surface area contributed by atoms with Gasteiger partial charge in [0, 0.05) is 10.7 Å². The quantitative estimate of drug-likeness (QED) is 0.715. The largest absolute Gasteiger partial charge is 0.376 e. The zero-order chi connectivity index (χ0) is 18.0. The third-order valence-corrected chi connectivity index (χ3v) is 5.14. The average molecular weight is 365 g/mol. The van der Waals surface area contributed by atoms with Gasteiger partial charge in [-0.2, -0.15) is 5.01 Å². The van der Waals surface area contributed by atoms with E-state index >= 15 is 0 Å². The maximum atomic E-state index is 12.6. The first-order chi connectivity index (χ1) is 11.9. The van der Waals surface area contributed by atoms with Crippen molar-refractivity contribution in [1.29, 1.82) is 0 Å². The highest BCUT2D eigenvalue weighted by molar-refractivity contribution is 6.31. The molecule has 1 heterocycles. The van der Waals surface area contributed by atoms with E-state index in [0.717, 1.165) is 29.8 Å². The van der Waals surface area contributed by atoms with Gasteiger partial charge >= 0.3 is 6.03 Å². The summed E-state index contributed by atoms with van der Waals surface area (Å²) in [6.45, 7) is 1.81. The van der Waals surface area contributed by atoms with Crippen LogP contribution in [0.3, 0.4) is 0 Å². The number of aryl methyl sites for hydroxylation is 1. The van der Waals surface area contributed by atoms with E-state index < -0.39 is 17.5 Å². The zero-order valence-electron chi connectivity index (χ0n) is 14.0. The zero-order valence-corrected chi connectivity index (χ0v) is 14.8. The number of nitrogens with zero attached hydrogens (tertiary/aromatic N) is 1. The maximum Gasteiger partial charge on any atom is 0.344 e. The molecular formula is C17H21ClN4O3. The number of benzene rings is 1. The van der Waals surface area contributed by atoms with Crippen molar-refractivity contribution in [3.05, 3.63) is 28.8 Å². The van der Waals surface area contributed by atoms with Crippen molar-refractivity contribution < 1.29 is 14.4 Å². The van der Waals surface area contributed by atoms with Crippen molar-refractivity contribution in [3.8, 4) is 0 Å². The van der Waals surface area contributed by atoms with Crippen LogP contribution in [0.5, 0.6) is 0 Å². The predicted molar refractivity (Wildman–Crippen MR) is 94.0 cm³/mol. The van der Waals surface area contributed by atoms with E-state index in [1.807, 2.05) is 13.0 Å². The van der Waals surface area contributed by atoms with Gasteiger partial charge in [0.15, 0.2) is 0 Å². The van der Waals surface area contributed by atoms with Crippen molar-refractivity contribution in [2.24, 2.45) is 0 Å². The van der Waals surface area contributed by atoms with Crippen LogP contribution in [0.15, 0.2) is 18.2 Å². The Morgan fingerprint density at radius 3 is 2.68 bits per heavy atom. The minimum absolute atomic E-state index is 0.0799. The number of amides is 4. The van der Waals surface area contributed by atoms with Crippen molar-refractivity contribution in [3.63, 3.8) is 0 Å². The molecule has 0 atom stereocenters.